The lowest BCUT2D eigenvalue weighted by molar-refractivity contribution is 0.411. The van der Waals surface area contributed by atoms with Gasteiger partial charge in [-0.15, -0.1) is 0 Å². The molecule has 1 aromatic rings. The van der Waals surface area contributed by atoms with Gasteiger partial charge in [0.1, 0.15) is 0 Å². The zero-order valence-electron chi connectivity index (χ0n) is 8.45. The normalized spacial score (nSPS) is 18.8. The molecule has 0 fully saturated rings. The second-order valence-electron chi connectivity index (χ2n) is 3.78. The lowest BCUT2D eigenvalue weighted by atomic mass is 10.0. The summed E-state index contributed by atoms with van der Waals surface area (Å²) in [4.78, 5) is 2.12. The molecule has 0 unspecified atom stereocenters. The summed E-state index contributed by atoms with van der Waals surface area (Å²) in [6, 6.07) is 10.6. The molecule has 74 valence electrons. The molecule has 1 aliphatic rings. The summed E-state index contributed by atoms with van der Waals surface area (Å²) < 4.78 is 0. The first-order valence-corrected chi connectivity index (χ1v) is 5.16. The van der Waals surface area contributed by atoms with Crippen LogP contribution in [0.4, 0.5) is 0 Å². The molecule has 2 rings (SSSR count). The minimum atomic E-state index is 0.976. The van der Waals surface area contributed by atoms with E-state index in [1.165, 1.54) is 24.0 Å². The van der Waals surface area contributed by atoms with Crippen molar-refractivity contribution in [2.45, 2.75) is 12.8 Å². The molecule has 14 heavy (non-hydrogen) atoms. The fourth-order valence-electron chi connectivity index (χ4n) is 1.84. The molecule has 0 N–H and O–H groups in total. The van der Waals surface area contributed by atoms with Crippen LogP contribution >= 0.6 is 0 Å². The Morgan fingerprint density at radius 3 is 2.71 bits per heavy atom. The second-order valence-corrected chi connectivity index (χ2v) is 3.78. The smallest absolute Gasteiger partial charge is 0.0111 e. The largest absolute Gasteiger partial charge is 0.456 e. The highest BCUT2D eigenvalue weighted by atomic mass is 15.1. The summed E-state index contributed by atoms with van der Waals surface area (Å²) in [5, 5.41) is 0. The molecule has 0 aromatic heterocycles. The molecular weight excluding hydrogens is 170 g/mol. The van der Waals surface area contributed by atoms with Crippen molar-refractivity contribution in [2.75, 3.05) is 13.1 Å². The van der Waals surface area contributed by atoms with Crippen molar-refractivity contribution in [3.63, 3.8) is 0 Å². The van der Waals surface area contributed by atoms with Crippen LogP contribution in [-0.4, -0.2) is 18.0 Å². The maximum atomic E-state index is 3.97. The molecule has 0 amide bonds. The van der Waals surface area contributed by atoms with Crippen LogP contribution in [0.2, 0.25) is 0 Å². The van der Waals surface area contributed by atoms with Gasteiger partial charge in [0, 0.05) is 0 Å². The summed E-state index contributed by atoms with van der Waals surface area (Å²) in [7, 11) is 3.97. The SMILES string of the molecule is [CH2-]N1CC=C(c2ccccc2)CCC1. The third-order valence-corrected chi connectivity index (χ3v) is 2.66. The van der Waals surface area contributed by atoms with Crippen molar-refractivity contribution < 1.29 is 0 Å². The van der Waals surface area contributed by atoms with E-state index in [9.17, 15) is 0 Å². The predicted octanol–water partition coefficient (Wildman–Crippen LogP) is 2.96. The number of rotatable bonds is 1. The van der Waals surface area contributed by atoms with E-state index >= 15 is 0 Å². The quantitative estimate of drug-likeness (QED) is 0.609. The molecule has 1 heteroatoms. The molecule has 0 bridgehead atoms. The van der Waals surface area contributed by atoms with Crippen molar-refractivity contribution in [3.8, 4) is 0 Å². The molecule has 0 radical (unpaired) electrons. The summed E-state index contributed by atoms with van der Waals surface area (Å²) in [5.74, 6) is 0. The van der Waals surface area contributed by atoms with E-state index in [-0.39, 0.29) is 0 Å². The van der Waals surface area contributed by atoms with E-state index in [4.69, 9.17) is 0 Å². The number of benzene rings is 1. The van der Waals surface area contributed by atoms with E-state index in [2.05, 4.69) is 48.4 Å². The van der Waals surface area contributed by atoms with Crippen LogP contribution in [0.3, 0.4) is 0 Å². The Labute approximate surface area is 86.1 Å². The molecule has 0 aliphatic carbocycles. The van der Waals surface area contributed by atoms with Crippen LogP contribution in [0.25, 0.3) is 5.57 Å². The molecule has 1 aliphatic heterocycles. The van der Waals surface area contributed by atoms with Crippen molar-refractivity contribution in [2.24, 2.45) is 0 Å². The highest BCUT2D eigenvalue weighted by molar-refractivity contribution is 5.65. The van der Waals surface area contributed by atoms with Gasteiger partial charge in [-0.25, -0.2) is 0 Å². The van der Waals surface area contributed by atoms with Gasteiger partial charge in [-0.2, -0.15) is 0 Å². The standard InChI is InChI=1S/C13H16N/c1-14-10-5-8-13(9-11-14)12-6-3-2-4-7-12/h2-4,6-7,9H,1,5,8,10-11H2/q-1. The van der Waals surface area contributed by atoms with Crippen LogP contribution in [-0.2, 0) is 0 Å². The zero-order valence-corrected chi connectivity index (χ0v) is 8.45. The lowest BCUT2D eigenvalue weighted by Crippen LogP contribution is -2.14. The van der Waals surface area contributed by atoms with Gasteiger partial charge in [0.15, 0.2) is 0 Å². The molecule has 1 aromatic carbocycles. The third-order valence-electron chi connectivity index (χ3n) is 2.66. The fourth-order valence-corrected chi connectivity index (χ4v) is 1.84. The van der Waals surface area contributed by atoms with Gasteiger partial charge in [0.2, 0.25) is 0 Å². The van der Waals surface area contributed by atoms with Crippen molar-refractivity contribution in [1.82, 2.24) is 4.90 Å². The molecule has 1 heterocycles. The van der Waals surface area contributed by atoms with E-state index in [1.54, 1.807) is 0 Å². The predicted molar refractivity (Wildman–Crippen MR) is 60.6 cm³/mol. The number of nitrogens with zero attached hydrogens (tertiary/aromatic N) is 1. The number of allylic oxidation sites excluding steroid dienone is 1. The van der Waals surface area contributed by atoms with Crippen LogP contribution in [0.15, 0.2) is 36.4 Å². The maximum absolute atomic E-state index is 3.97. The van der Waals surface area contributed by atoms with Crippen molar-refractivity contribution in [1.29, 1.82) is 0 Å². The Bertz CT molecular complexity index is 313. The topological polar surface area (TPSA) is 3.24 Å². The van der Waals surface area contributed by atoms with Gasteiger partial charge >= 0.3 is 0 Å². The minimum absolute atomic E-state index is 0.976. The third kappa shape index (κ3) is 2.24. The lowest BCUT2D eigenvalue weighted by Gasteiger charge is -2.20. The average molecular weight is 186 g/mol. The van der Waals surface area contributed by atoms with Crippen LogP contribution in [0, 0.1) is 7.05 Å². The van der Waals surface area contributed by atoms with Crippen LogP contribution in [0.1, 0.15) is 18.4 Å². The maximum Gasteiger partial charge on any atom is -0.0111 e. The van der Waals surface area contributed by atoms with Gasteiger partial charge < -0.3 is 4.90 Å². The van der Waals surface area contributed by atoms with Crippen LogP contribution in [0.5, 0.6) is 0 Å². The first-order valence-electron chi connectivity index (χ1n) is 5.16. The second kappa shape index (κ2) is 4.43. The average Bonchev–Trinajstić information content (AvgIpc) is 2.44. The molecular formula is C13H16N-. The molecule has 1 nitrogen and oxygen atoms in total. The zero-order chi connectivity index (χ0) is 9.80. The van der Waals surface area contributed by atoms with E-state index in [1.807, 2.05) is 0 Å². The summed E-state index contributed by atoms with van der Waals surface area (Å²) >= 11 is 0. The molecule has 0 atom stereocenters. The van der Waals surface area contributed by atoms with E-state index in [0.717, 1.165) is 13.1 Å². The van der Waals surface area contributed by atoms with E-state index < -0.39 is 0 Å². The number of hydrogen-bond acceptors (Lipinski definition) is 1. The minimum Gasteiger partial charge on any atom is -0.456 e. The molecule has 0 saturated heterocycles. The van der Waals surface area contributed by atoms with Crippen molar-refractivity contribution >= 4 is 5.57 Å². The Morgan fingerprint density at radius 2 is 1.93 bits per heavy atom. The van der Waals surface area contributed by atoms with Gasteiger partial charge in [-0.05, 0) is 37.1 Å². The Kier molecular flexibility index (Phi) is 3.00. The van der Waals surface area contributed by atoms with Crippen molar-refractivity contribution in [3.05, 3.63) is 49.0 Å². The first kappa shape index (κ1) is 9.47. The van der Waals surface area contributed by atoms with Crippen LogP contribution < -0.4 is 0 Å². The summed E-state index contributed by atoms with van der Waals surface area (Å²) in [6.07, 6.45) is 4.69. The number of hydrogen-bond donors (Lipinski definition) is 0. The van der Waals surface area contributed by atoms with E-state index in [0.29, 0.717) is 0 Å². The Balaban J connectivity index is 2.18. The highest BCUT2D eigenvalue weighted by Crippen LogP contribution is 2.21. The molecule has 0 saturated carbocycles. The fraction of sp³-hybridized carbons (Fsp3) is 0.308. The van der Waals surface area contributed by atoms with Gasteiger partial charge in [0.25, 0.3) is 0 Å². The Hall–Kier alpha value is -1.08. The Morgan fingerprint density at radius 1 is 1.14 bits per heavy atom. The van der Waals surface area contributed by atoms with Gasteiger partial charge in [-0.1, -0.05) is 36.4 Å². The highest BCUT2D eigenvalue weighted by Gasteiger charge is 2.04. The summed E-state index contributed by atoms with van der Waals surface area (Å²) in [5.41, 5.74) is 2.83. The van der Waals surface area contributed by atoms with Gasteiger partial charge in [-0.3, -0.25) is 7.05 Å². The first-order chi connectivity index (χ1) is 6.86. The summed E-state index contributed by atoms with van der Waals surface area (Å²) in [6.45, 7) is 2.08. The molecule has 0 spiro atoms. The van der Waals surface area contributed by atoms with Gasteiger partial charge in [0.05, 0.1) is 0 Å². The monoisotopic (exact) mass is 186 g/mol.